The number of methoxy groups -OCH3 is 1. The summed E-state index contributed by atoms with van der Waals surface area (Å²) in [6, 6.07) is 33.1. The Morgan fingerprint density at radius 1 is 1.00 bits per heavy atom. The molecule has 3 heterocycles. The van der Waals surface area contributed by atoms with Crippen molar-refractivity contribution in [2.45, 2.75) is 63.1 Å². The third-order valence-electron chi connectivity index (χ3n) is 11.3. The van der Waals surface area contributed by atoms with Crippen LogP contribution in [0.4, 0.5) is 11.4 Å². The first-order chi connectivity index (χ1) is 25.6. The topological polar surface area (TPSA) is 121 Å². The SMILES string of the molecule is COc1ccc([Si](C)(C)[C@@H]2[C@@H](CC(=O)N(CCO)Cc3ccccc3)O[C@]3(C(=O)Nc4ccc(N5N=C(c6ccccc6)CCC5=O)cc43)[C@H]2C)cc1. The molecule has 1 spiro atoms. The molecule has 53 heavy (non-hydrogen) atoms. The molecule has 3 aliphatic rings. The van der Waals surface area contributed by atoms with Gasteiger partial charge in [0.1, 0.15) is 5.75 Å². The van der Waals surface area contributed by atoms with E-state index in [4.69, 9.17) is 14.6 Å². The first kappa shape index (κ1) is 36.3. The quantitative estimate of drug-likeness (QED) is 0.188. The maximum absolute atomic E-state index is 14.4. The van der Waals surface area contributed by atoms with Crippen molar-refractivity contribution in [2.75, 3.05) is 30.6 Å². The molecule has 4 aromatic carbocycles. The highest BCUT2D eigenvalue weighted by Crippen LogP contribution is 2.59. The second kappa shape index (κ2) is 14.7. The number of fused-ring (bicyclic) bond motifs is 2. The zero-order chi connectivity index (χ0) is 37.3. The van der Waals surface area contributed by atoms with Gasteiger partial charge in [0, 0.05) is 43.1 Å². The van der Waals surface area contributed by atoms with Gasteiger partial charge in [0.05, 0.1) is 45.7 Å². The molecule has 274 valence electrons. The highest BCUT2D eigenvalue weighted by molar-refractivity contribution is 6.91. The minimum absolute atomic E-state index is 0.0355. The fraction of sp³-hybridized carbons (Fsp3) is 0.333. The average Bonchev–Trinajstić information content (AvgIpc) is 3.63. The number of nitrogens with zero attached hydrogens (tertiary/aromatic N) is 3. The van der Waals surface area contributed by atoms with Gasteiger partial charge >= 0.3 is 0 Å². The minimum Gasteiger partial charge on any atom is -0.497 e. The lowest BCUT2D eigenvalue weighted by atomic mass is 9.82. The lowest BCUT2D eigenvalue weighted by Gasteiger charge is -2.37. The maximum atomic E-state index is 14.4. The van der Waals surface area contributed by atoms with Crippen LogP contribution in [0.1, 0.15) is 42.9 Å². The molecule has 1 fully saturated rings. The van der Waals surface area contributed by atoms with E-state index in [0.29, 0.717) is 36.3 Å². The van der Waals surface area contributed by atoms with Crippen molar-refractivity contribution in [1.29, 1.82) is 0 Å². The molecule has 3 amide bonds. The predicted molar refractivity (Wildman–Crippen MR) is 208 cm³/mol. The number of hydrogen-bond acceptors (Lipinski definition) is 7. The predicted octanol–water partition coefficient (Wildman–Crippen LogP) is 5.81. The van der Waals surface area contributed by atoms with Crippen molar-refractivity contribution >= 4 is 48.1 Å². The van der Waals surface area contributed by atoms with E-state index < -0.39 is 19.8 Å². The molecule has 0 aromatic heterocycles. The van der Waals surface area contributed by atoms with E-state index in [1.807, 2.05) is 84.9 Å². The summed E-state index contributed by atoms with van der Waals surface area (Å²) in [5.41, 5.74) is 2.94. The molecule has 3 aliphatic heterocycles. The summed E-state index contributed by atoms with van der Waals surface area (Å²) in [4.78, 5) is 43.7. The smallest absolute Gasteiger partial charge is 0.261 e. The second-order valence-corrected chi connectivity index (χ2v) is 19.4. The maximum Gasteiger partial charge on any atom is 0.261 e. The van der Waals surface area contributed by atoms with Crippen LogP contribution < -0.4 is 20.2 Å². The number of hydrazone groups is 1. The number of carbonyl (C=O) groups excluding carboxylic acids is 3. The van der Waals surface area contributed by atoms with E-state index in [9.17, 15) is 19.5 Å². The molecule has 0 aliphatic carbocycles. The summed E-state index contributed by atoms with van der Waals surface area (Å²) in [6.45, 7) is 6.93. The van der Waals surface area contributed by atoms with Gasteiger partial charge in [0.15, 0.2) is 5.60 Å². The molecule has 7 rings (SSSR count). The molecule has 0 bridgehead atoms. The van der Waals surface area contributed by atoms with Crippen LogP contribution in [0.15, 0.2) is 108 Å². The molecule has 4 atom stereocenters. The fourth-order valence-electron chi connectivity index (χ4n) is 8.56. The largest absolute Gasteiger partial charge is 0.497 e. The average molecular weight is 731 g/mol. The Balaban J connectivity index is 1.28. The van der Waals surface area contributed by atoms with Crippen LogP contribution in [0.2, 0.25) is 18.6 Å². The van der Waals surface area contributed by atoms with Gasteiger partial charge in [-0.3, -0.25) is 14.4 Å². The fourth-order valence-corrected chi connectivity index (χ4v) is 12.6. The highest BCUT2D eigenvalue weighted by atomic mass is 28.3. The minimum atomic E-state index is -2.52. The molecule has 1 saturated heterocycles. The molecule has 11 heteroatoms. The van der Waals surface area contributed by atoms with Gasteiger partial charge in [-0.25, -0.2) is 5.01 Å². The molecule has 0 radical (unpaired) electrons. The lowest BCUT2D eigenvalue weighted by Crippen LogP contribution is -2.52. The summed E-state index contributed by atoms with van der Waals surface area (Å²) in [5.74, 6) is -0.170. The van der Waals surface area contributed by atoms with Crippen molar-refractivity contribution in [1.82, 2.24) is 4.90 Å². The molecular weight excluding hydrogens is 685 g/mol. The van der Waals surface area contributed by atoms with Crippen LogP contribution in [0, 0.1) is 5.92 Å². The van der Waals surface area contributed by atoms with Crippen molar-refractivity contribution < 1.29 is 29.0 Å². The Morgan fingerprint density at radius 3 is 2.38 bits per heavy atom. The Labute approximate surface area is 311 Å². The van der Waals surface area contributed by atoms with E-state index in [-0.39, 0.29) is 48.8 Å². The van der Waals surface area contributed by atoms with E-state index in [2.05, 4.69) is 37.5 Å². The number of aliphatic hydroxyl groups is 1. The van der Waals surface area contributed by atoms with E-state index in [1.54, 1.807) is 18.1 Å². The molecule has 10 nitrogen and oxygen atoms in total. The number of anilines is 2. The normalized spacial score (nSPS) is 22.4. The zero-order valence-electron chi connectivity index (χ0n) is 30.6. The van der Waals surface area contributed by atoms with Crippen LogP contribution in [-0.2, 0) is 31.3 Å². The third-order valence-corrected chi connectivity index (χ3v) is 15.6. The van der Waals surface area contributed by atoms with Gasteiger partial charge in [-0.2, -0.15) is 5.10 Å². The zero-order valence-corrected chi connectivity index (χ0v) is 31.6. The van der Waals surface area contributed by atoms with Crippen LogP contribution in [0.3, 0.4) is 0 Å². The number of carbonyl (C=O) groups is 3. The van der Waals surface area contributed by atoms with Crippen LogP contribution in [-0.4, -0.2) is 67.9 Å². The number of amides is 3. The van der Waals surface area contributed by atoms with Gasteiger partial charge in [-0.15, -0.1) is 0 Å². The van der Waals surface area contributed by atoms with E-state index in [0.717, 1.165) is 27.8 Å². The number of aliphatic hydroxyl groups excluding tert-OH is 1. The van der Waals surface area contributed by atoms with Gasteiger partial charge in [-0.1, -0.05) is 98.0 Å². The van der Waals surface area contributed by atoms with Crippen molar-refractivity contribution in [2.24, 2.45) is 11.0 Å². The van der Waals surface area contributed by atoms with Crippen LogP contribution >= 0.6 is 0 Å². The van der Waals surface area contributed by atoms with Gasteiger partial charge in [0.25, 0.3) is 5.91 Å². The van der Waals surface area contributed by atoms with Gasteiger partial charge < -0.3 is 24.8 Å². The van der Waals surface area contributed by atoms with E-state index >= 15 is 0 Å². The second-order valence-electron chi connectivity index (χ2n) is 14.7. The van der Waals surface area contributed by atoms with Gasteiger partial charge in [-0.05, 0) is 47.0 Å². The number of hydrogen-bond donors (Lipinski definition) is 2. The van der Waals surface area contributed by atoms with Crippen molar-refractivity contribution in [3.05, 3.63) is 120 Å². The van der Waals surface area contributed by atoms with Crippen LogP contribution in [0.25, 0.3) is 0 Å². The third kappa shape index (κ3) is 6.69. The lowest BCUT2D eigenvalue weighted by molar-refractivity contribution is -0.148. The summed E-state index contributed by atoms with van der Waals surface area (Å²) in [5, 5.41) is 20.4. The first-order valence-electron chi connectivity index (χ1n) is 18.2. The monoisotopic (exact) mass is 730 g/mol. The summed E-state index contributed by atoms with van der Waals surface area (Å²) >= 11 is 0. The van der Waals surface area contributed by atoms with E-state index in [1.165, 1.54) is 5.01 Å². The molecule has 2 N–H and O–H groups in total. The van der Waals surface area contributed by atoms with Crippen molar-refractivity contribution in [3.8, 4) is 5.75 Å². The number of ether oxygens (including phenoxy) is 2. The number of nitrogens with one attached hydrogen (secondary N) is 1. The highest BCUT2D eigenvalue weighted by Gasteiger charge is 2.65. The number of rotatable bonds is 11. The summed E-state index contributed by atoms with van der Waals surface area (Å²) < 4.78 is 12.5. The first-order valence-corrected chi connectivity index (χ1v) is 21.3. The van der Waals surface area contributed by atoms with Gasteiger partial charge in [0.2, 0.25) is 11.8 Å². The Bertz CT molecular complexity index is 2020. The molecule has 0 saturated carbocycles. The van der Waals surface area contributed by atoms with Crippen LogP contribution in [0.5, 0.6) is 5.75 Å². The Hall–Kier alpha value is -5.10. The molecular formula is C42H46N4O6Si. The Morgan fingerprint density at radius 2 is 1.70 bits per heavy atom. The number of benzene rings is 4. The molecule has 4 aromatic rings. The standard InChI is InChI=1S/C42H46N4O6Si/c1-28-40(53(3,4)33-18-16-32(51-2)17-19-33)37(26-39(49)45(23-24-47)27-29-11-7-5-8-12-29)52-42(28)34-25-31(15-20-36(34)43-41(42)50)46-38(48)22-21-35(44-46)30-13-9-6-10-14-30/h5-20,25,28,37,40,47H,21-24,26-27H2,1-4H3,(H,43,50)/t28-,37+,40-,42+/m0/s1. The Kier molecular flexibility index (Phi) is 10.1. The van der Waals surface area contributed by atoms with Crippen molar-refractivity contribution in [3.63, 3.8) is 0 Å². The summed E-state index contributed by atoms with van der Waals surface area (Å²) in [7, 11) is -0.879. The molecule has 0 unspecified atom stereocenters. The summed E-state index contributed by atoms with van der Waals surface area (Å²) in [6.07, 6.45) is 0.265.